The number of alkyl halides is 3. The maximum Gasteiger partial charge on any atom is 0.434 e. The van der Waals surface area contributed by atoms with Crippen LogP contribution in [0.3, 0.4) is 0 Å². The number of carbonyl (C=O) groups excluding carboxylic acids is 2. The van der Waals surface area contributed by atoms with Gasteiger partial charge in [0, 0.05) is 35.3 Å². The van der Waals surface area contributed by atoms with Gasteiger partial charge in [0.2, 0.25) is 5.95 Å². The van der Waals surface area contributed by atoms with Gasteiger partial charge in [-0.05, 0) is 66.9 Å². The third-order valence-electron chi connectivity index (χ3n) is 5.85. The molecule has 0 unspecified atom stereocenters. The summed E-state index contributed by atoms with van der Waals surface area (Å²) in [6.07, 6.45) is 2.17. The Kier molecular flexibility index (Phi) is 7.66. The lowest BCUT2D eigenvalue weighted by atomic mass is 9.80. The number of halogens is 4. The molecule has 0 saturated heterocycles. The topological polar surface area (TPSA) is 84.8 Å². The summed E-state index contributed by atoms with van der Waals surface area (Å²) in [6, 6.07) is 12.8. The van der Waals surface area contributed by atoms with Gasteiger partial charge in [0.05, 0.1) is 5.56 Å². The van der Waals surface area contributed by atoms with E-state index in [1.54, 1.807) is 38.1 Å². The van der Waals surface area contributed by atoms with Crippen molar-refractivity contribution < 1.29 is 27.2 Å². The normalized spacial score (nSPS) is 11.9. The van der Waals surface area contributed by atoms with Crippen LogP contribution in [0.4, 0.5) is 29.2 Å². The molecule has 0 fully saturated rings. The molecule has 0 amide bonds. The second kappa shape index (κ2) is 10.9. The Hall–Kier alpha value is -4.73. The number of allylic oxidation sites excluding steroid dienone is 1. The fourth-order valence-electron chi connectivity index (χ4n) is 4.00. The minimum atomic E-state index is -4.90. The Balaban J connectivity index is 1.85. The van der Waals surface area contributed by atoms with Crippen LogP contribution < -0.4 is 5.32 Å². The highest BCUT2D eigenvalue weighted by Gasteiger charge is 2.37. The number of benzene rings is 2. The molecule has 0 aliphatic heterocycles. The van der Waals surface area contributed by atoms with Crippen molar-refractivity contribution in [3.63, 3.8) is 0 Å². The van der Waals surface area contributed by atoms with E-state index in [1.807, 2.05) is 0 Å². The zero-order valence-electron chi connectivity index (χ0n) is 20.8. The Morgan fingerprint density at radius 1 is 0.949 bits per heavy atom. The van der Waals surface area contributed by atoms with Crippen LogP contribution in [0.5, 0.6) is 0 Å². The van der Waals surface area contributed by atoms with E-state index >= 15 is 0 Å². The third kappa shape index (κ3) is 6.23. The Morgan fingerprint density at radius 2 is 1.64 bits per heavy atom. The lowest BCUT2D eigenvalue weighted by Gasteiger charge is -2.26. The van der Waals surface area contributed by atoms with Crippen LogP contribution in [0.25, 0.3) is 17.2 Å². The van der Waals surface area contributed by atoms with E-state index < -0.39 is 34.4 Å². The summed E-state index contributed by atoms with van der Waals surface area (Å²) >= 11 is 0. The highest BCUT2D eigenvalue weighted by Crippen LogP contribution is 2.40. The number of anilines is 2. The van der Waals surface area contributed by atoms with Gasteiger partial charge < -0.3 is 10.1 Å². The van der Waals surface area contributed by atoms with Crippen molar-refractivity contribution in [2.45, 2.75) is 25.4 Å². The first-order valence-corrected chi connectivity index (χ1v) is 11.7. The zero-order chi connectivity index (χ0) is 28.2. The van der Waals surface area contributed by atoms with Crippen LogP contribution in [-0.4, -0.2) is 27.0 Å². The molecule has 0 aliphatic rings. The first-order chi connectivity index (χ1) is 18.5. The lowest BCUT2D eigenvalue weighted by molar-refractivity contribution is -0.141. The molecule has 0 saturated carbocycles. The smallest absolute Gasteiger partial charge is 0.324 e. The quantitative estimate of drug-likeness (QED) is 0.116. The first kappa shape index (κ1) is 27.3. The Labute approximate surface area is 221 Å². The standard InChI is InChI=1S/C29H22F4N4O2/c1-28(2,17-38)25-21(5-3-6-23(25)37-27-34-13-4-14-35-27)19-15-22(26(36-16-19)29(31,32)33)24(39)12-9-18-7-10-20(30)11-8-18/h3-17H,1-2H3,(H,34,35,37)/b12-9+. The maximum absolute atomic E-state index is 13.8. The average Bonchev–Trinajstić information content (AvgIpc) is 2.92. The number of ketones is 1. The molecule has 0 aliphatic carbocycles. The predicted octanol–water partition coefficient (Wildman–Crippen LogP) is 6.81. The van der Waals surface area contributed by atoms with E-state index in [1.165, 1.54) is 42.7 Å². The molecule has 0 spiro atoms. The number of hydrogen-bond acceptors (Lipinski definition) is 6. The molecule has 0 radical (unpaired) electrons. The molecule has 10 heteroatoms. The number of nitrogens with one attached hydrogen (secondary N) is 1. The van der Waals surface area contributed by atoms with Gasteiger partial charge >= 0.3 is 6.18 Å². The van der Waals surface area contributed by atoms with Gasteiger partial charge in [-0.25, -0.2) is 14.4 Å². The van der Waals surface area contributed by atoms with Crippen LogP contribution in [0.1, 0.15) is 41.0 Å². The fourth-order valence-corrected chi connectivity index (χ4v) is 4.00. The minimum absolute atomic E-state index is 0.198. The highest BCUT2D eigenvalue weighted by molar-refractivity contribution is 6.08. The number of aromatic nitrogens is 3. The number of hydrogen-bond donors (Lipinski definition) is 1. The largest absolute Gasteiger partial charge is 0.434 e. The van der Waals surface area contributed by atoms with E-state index in [9.17, 15) is 27.2 Å². The Bertz CT molecular complexity index is 1530. The summed E-state index contributed by atoms with van der Waals surface area (Å²) in [6.45, 7) is 3.32. The molecule has 4 aromatic rings. The monoisotopic (exact) mass is 534 g/mol. The molecule has 1 N–H and O–H groups in total. The van der Waals surface area contributed by atoms with Crippen LogP contribution >= 0.6 is 0 Å². The summed E-state index contributed by atoms with van der Waals surface area (Å²) in [7, 11) is 0. The van der Waals surface area contributed by atoms with Crippen LogP contribution in [-0.2, 0) is 16.4 Å². The summed E-state index contributed by atoms with van der Waals surface area (Å²) in [5.74, 6) is -1.17. The molecule has 198 valence electrons. The number of pyridine rings is 1. The van der Waals surface area contributed by atoms with Crippen LogP contribution in [0.2, 0.25) is 0 Å². The second-order valence-corrected chi connectivity index (χ2v) is 9.13. The van der Waals surface area contributed by atoms with Gasteiger partial charge in [-0.2, -0.15) is 13.2 Å². The molecule has 0 bridgehead atoms. The van der Waals surface area contributed by atoms with Crippen molar-refractivity contribution in [1.82, 2.24) is 15.0 Å². The lowest BCUT2D eigenvalue weighted by Crippen LogP contribution is -2.22. The third-order valence-corrected chi connectivity index (χ3v) is 5.85. The Morgan fingerprint density at radius 3 is 2.28 bits per heavy atom. The van der Waals surface area contributed by atoms with Gasteiger partial charge in [0.15, 0.2) is 11.5 Å². The van der Waals surface area contributed by atoms with Crippen molar-refractivity contribution in [1.29, 1.82) is 0 Å². The van der Waals surface area contributed by atoms with Gasteiger partial charge in [-0.15, -0.1) is 0 Å². The van der Waals surface area contributed by atoms with Crippen LogP contribution in [0, 0.1) is 5.82 Å². The zero-order valence-corrected chi connectivity index (χ0v) is 20.8. The van der Waals surface area contributed by atoms with Crippen molar-refractivity contribution in [3.05, 3.63) is 107 Å². The molecular formula is C29H22F4N4O2. The van der Waals surface area contributed by atoms with Crippen LogP contribution in [0.15, 0.2) is 79.3 Å². The van der Waals surface area contributed by atoms with Gasteiger partial charge in [0.1, 0.15) is 12.1 Å². The van der Waals surface area contributed by atoms with E-state index in [0.717, 1.165) is 24.6 Å². The predicted molar refractivity (Wildman–Crippen MR) is 139 cm³/mol. The van der Waals surface area contributed by atoms with Gasteiger partial charge in [-0.3, -0.25) is 9.78 Å². The molecule has 2 aromatic carbocycles. The molecule has 2 heterocycles. The maximum atomic E-state index is 13.8. The van der Waals surface area contributed by atoms with Crippen molar-refractivity contribution >= 4 is 29.8 Å². The number of rotatable bonds is 8. The van der Waals surface area contributed by atoms with Crippen molar-refractivity contribution in [2.24, 2.45) is 0 Å². The molecule has 2 aromatic heterocycles. The average molecular weight is 535 g/mol. The summed E-state index contributed by atoms with van der Waals surface area (Å²) in [4.78, 5) is 37.0. The van der Waals surface area contributed by atoms with E-state index in [2.05, 4.69) is 20.3 Å². The molecule has 39 heavy (non-hydrogen) atoms. The first-order valence-electron chi connectivity index (χ1n) is 11.7. The SMILES string of the molecule is CC(C)(C=O)c1c(Nc2ncccn2)cccc1-c1cnc(C(F)(F)F)c(C(=O)/C=C/c2ccc(F)cc2)c1. The summed E-state index contributed by atoms with van der Waals surface area (Å²) in [5, 5.41) is 3.05. The van der Waals surface area contributed by atoms with Gasteiger partial charge in [-0.1, -0.05) is 30.3 Å². The molecule has 4 rings (SSSR count). The summed E-state index contributed by atoms with van der Waals surface area (Å²) < 4.78 is 54.7. The van der Waals surface area contributed by atoms with E-state index in [4.69, 9.17) is 0 Å². The van der Waals surface area contributed by atoms with E-state index in [-0.39, 0.29) is 11.5 Å². The minimum Gasteiger partial charge on any atom is -0.324 e. The second-order valence-electron chi connectivity index (χ2n) is 9.13. The molecule has 0 atom stereocenters. The van der Waals surface area contributed by atoms with E-state index in [0.29, 0.717) is 22.4 Å². The van der Waals surface area contributed by atoms with Crippen molar-refractivity contribution in [3.8, 4) is 11.1 Å². The van der Waals surface area contributed by atoms with Gasteiger partial charge in [0.25, 0.3) is 0 Å². The highest BCUT2D eigenvalue weighted by atomic mass is 19.4. The van der Waals surface area contributed by atoms with Crippen molar-refractivity contribution in [2.75, 3.05) is 5.32 Å². The summed E-state index contributed by atoms with van der Waals surface area (Å²) in [5.41, 5.74) is -1.17. The fraction of sp³-hybridized carbons (Fsp3) is 0.138. The molecular weight excluding hydrogens is 512 g/mol. The molecule has 6 nitrogen and oxygen atoms in total. The number of nitrogens with zero attached hydrogens (tertiary/aromatic N) is 3. The number of carbonyl (C=O) groups is 2. The number of aldehydes is 1.